The minimum absolute atomic E-state index is 0.0156. The van der Waals surface area contributed by atoms with E-state index in [4.69, 9.17) is 0 Å². The van der Waals surface area contributed by atoms with Gasteiger partial charge in [0.1, 0.15) is 5.52 Å². The third-order valence-electron chi connectivity index (χ3n) is 2.53. The molecule has 0 aromatic carbocycles. The lowest BCUT2D eigenvalue weighted by Crippen LogP contribution is -1.96. The van der Waals surface area contributed by atoms with Crippen LogP contribution in [-0.2, 0) is 0 Å². The third-order valence-corrected chi connectivity index (χ3v) is 2.53. The molecule has 0 atom stereocenters. The summed E-state index contributed by atoms with van der Waals surface area (Å²) >= 11 is 0. The highest BCUT2D eigenvalue weighted by Gasteiger charge is 2.23. The molecule has 0 amide bonds. The Morgan fingerprint density at radius 1 is 1.12 bits per heavy atom. The fourth-order valence-electron chi connectivity index (χ4n) is 1.80. The van der Waals surface area contributed by atoms with Crippen molar-refractivity contribution in [1.82, 2.24) is 14.2 Å². The number of nitrogens with zero attached hydrogens (tertiary/aromatic N) is 4. The number of nitro groups is 1. The number of fused-ring (bicyclic) bond motifs is 1. The fraction of sp³-hybridized carbons (Fsp3) is 0. The van der Waals surface area contributed by atoms with Crippen LogP contribution in [0.25, 0.3) is 11.3 Å². The Kier molecular flexibility index (Phi) is 1.94. The highest BCUT2D eigenvalue weighted by Crippen LogP contribution is 2.27. The molecule has 17 heavy (non-hydrogen) atoms. The second-order valence-corrected chi connectivity index (χ2v) is 3.55. The molecular formula is C11H8N4O2. The van der Waals surface area contributed by atoms with E-state index in [9.17, 15) is 10.1 Å². The molecule has 0 aliphatic carbocycles. The van der Waals surface area contributed by atoms with E-state index in [0.29, 0.717) is 11.3 Å². The van der Waals surface area contributed by atoms with Crippen LogP contribution >= 0.6 is 0 Å². The minimum Gasteiger partial charge on any atom is -0.301 e. The van der Waals surface area contributed by atoms with E-state index < -0.39 is 4.92 Å². The van der Waals surface area contributed by atoms with E-state index in [-0.39, 0.29) is 5.69 Å². The molecule has 0 radical (unpaired) electrons. The SMILES string of the molecule is O=[N+]([O-])c1c(-n2cccc2)nn2ccccc12. The smallest absolute Gasteiger partial charge is 0.301 e. The second kappa shape index (κ2) is 3.44. The van der Waals surface area contributed by atoms with Crippen LogP contribution in [0.5, 0.6) is 0 Å². The van der Waals surface area contributed by atoms with Crippen molar-refractivity contribution < 1.29 is 4.92 Å². The summed E-state index contributed by atoms with van der Waals surface area (Å²) < 4.78 is 3.14. The predicted octanol–water partition coefficient (Wildman–Crippen LogP) is 2.03. The number of aromatic nitrogens is 3. The van der Waals surface area contributed by atoms with Gasteiger partial charge in [0.05, 0.1) is 4.92 Å². The monoisotopic (exact) mass is 228 g/mol. The standard InChI is InChI=1S/C11H8N4O2/c16-15(17)10-9-5-1-2-8-14(9)12-11(10)13-6-3-4-7-13/h1-8H. The van der Waals surface area contributed by atoms with Crippen molar-refractivity contribution in [3.63, 3.8) is 0 Å². The van der Waals surface area contributed by atoms with Gasteiger partial charge in [-0.1, -0.05) is 6.07 Å². The van der Waals surface area contributed by atoms with Crippen molar-refractivity contribution >= 4 is 11.2 Å². The topological polar surface area (TPSA) is 65.4 Å². The average Bonchev–Trinajstić information content (AvgIpc) is 2.95. The molecular weight excluding hydrogens is 220 g/mol. The van der Waals surface area contributed by atoms with E-state index in [2.05, 4.69) is 5.10 Å². The van der Waals surface area contributed by atoms with Gasteiger partial charge in [-0.3, -0.25) is 10.1 Å². The van der Waals surface area contributed by atoms with Crippen molar-refractivity contribution in [2.75, 3.05) is 0 Å². The van der Waals surface area contributed by atoms with Crippen molar-refractivity contribution in [2.45, 2.75) is 0 Å². The molecule has 0 aliphatic rings. The second-order valence-electron chi connectivity index (χ2n) is 3.55. The first-order valence-corrected chi connectivity index (χ1v) is 5.02. The van der Waals surface area contributed by atoms with Crippen molar-refractivity contribution in [3.05, 3.63) is 59.0 Å². The Morgan fingerprint density at radius 3 is 2.53 bits per heavy atom. The first kappa shape index (κ1) is 9.59. The van der Waals surface area contributed by atoms with Gasteiger partial charge in [0, 0.05) is 18.6 Å². The number of rotatable bonds is 2. The Bertz CT molecular complexity index is 685. The maximum absolute atomic E-state index is 11.1. The zero-order valence-corrected chi connectivity index (χ0v) is 8.72. The van der Waals surface area contributed by atoms with Crippen LogP contribution in [0.3, 0.4) is 0 Å². The molecule has 0 saturated carbocycles. The van der Waals surface area contributed by atoms with Crippen molar-refractivity contribution in [2.24, 2.45) is 0 Å². The molecule has 6 heteroatoms. The minimum atomic E-state index is -0.405. The largest absolute Gasteiger partial charge is 0.339 e. The summed E-state index contributed by atoms with van der Waals surface area (Å²) in [6.45, 7) is 0. The number of hydrogen-bond acceptors (Lipinski definition) is 3. The molecule has 3 heterocycles. The summed E-state index contributed by atoms with van der Waals surface area (Å²) in [4.78, 5) is 10.7. The van der Waals surface area contributed by atoms with Gasteiger partial charge in [0.25, 0.3) is 0 Å². The quantitative estimate of drug-likeness (QED) is 0.498. The van der Waals surface area contributed by atoms with Crippen LogP contribution < -0.4 is 0 Å². The first-order chi connectivity index (χ1) is 8.27. The van der Waals surface area contributed by atoms with Gasteiger partial charge in [0.15, 0.2) is 0 Å². The van der Waals surface area contributed by atoms with E-state index in [1.54, 1.807) is 53.5 Å². The van der Waals surface area contributed by atoms with Crippen LogP contribution in [0, 0.1) is 10.1 Å². The molecule has 0 fully saturated rings. The molecule has 0 spiro atoms. The van der Waals surface area contributed by atoms with E-state index in [1.807, 2.05) is 0 Å². The fourth-order valence-corrected chi connectivity index (χ4v) is 1.80. The van der Waals surface area contributed by atoms with Gasteiger partial charge in [-0.25, -0.2) is 4.52 Å². The molecule has 0 saturated heterocycles. The van der Waals surface area contributed by atoms with Crippen LogP contribution in [0.2, 0.25) is 0 Å². The highest BCUT2D eigenvalue weighted by atomic mass is 16.6. The zero-order chi connectivity index (χ0) is 11.8. The Hall–Kier alpha value is -2.63. The van der Waals surface area contributed by atoms with Crippen LogP contribution in [0.1, 0.15) is 0 Å². The molecule has 0 unspecified atom stereocenters. The van der Waals surface area contributed by atoms with Crippen molar-refractivity contribution in [1.29, 1.82) is 0 Å². The first-order valence-electron chi connectivity index (χ1n) is 5.02. The summed E-state index contributed by atoms with van der Waals surface area (Å²) in [5.74, 6) is 0.325. The van der Waals surface area contributed by atoms with Gasteiger partial charge >= 0.3 is 5.69 Å². The maximum atomic E-state index is 11.1. The van der Waals surface area contributed by atoms with Crippen LogP contribution in [0.4, 0.5) is 5.69 Å². The molecule has 84 valence electrons. The molecule has 3 aromatic heterocycles. The summed E-state index contributed by atoms with van der Waals surface area (Å²) in [6.07, 6.45) is 5.15. The van der Waals surface area contributed by atoms with Crippen LogP contribution in [0.15, 0.2) is 48.9 Å². The lowest BCUT2D eigenvalue weighted by Gasteiger charge is -1.95. The van der Waals surface area contributed by atoms with Crippen molar-refractivity contribution in [3.8, 4) is 5.82 Å². The molecule has 0 bridgehead atoms. The molecule has 3 aromatic rings. The van der Waals surface area contributed by atoms with Gasteiger partial charge < -0.3 is 4.57 Å². The van der Waals surface area contributed by atoms with Crippen LogP contribution in [-0.4, -0.2) is 19.1 Å². The zero-order valence-electron chi connectivity index (χ0n) is 8.72. The normalized spacial score (nSPS) is 10.8. The van der Waals surface area contributed by atoms with E-state index in [1.165, 1.54) is 4.52 Å². The molecule has 6 nitrogen and oxygen atoms in total. The number of pyridine rings is 1. The predicted molar refractivity (Wildman–Crippen MR) is 61.2 cm³/mol. The van der Waals surface area contributed by atoms with Gasteiger partial charge in [0.2, 0.25) is 5.82 Å². The highest BCUT2D eigenvalue weighted by molar-refractivity contribution is 5.72. The lowest BCUT2D eigenvalue weighted by molar-refractivity contribution is -0.382. The van der Waals surface area contributed by atoms with Gasteiger partial charge in [-0.15, -0.1) is 5.10 Å². The summed E-state index contributed by atoms with van der Waals surface area (Å²) in [5, 5.41) is 15.3. The maximum Gasteiger partial charge on any atom is 0.339 e. The van der Waals surface area contributed by atoms with E-state index >= 15 is 0 Å². The Morgan fingerprint density at radius 2 is 1.82 bits per heavy atom. The summed E-state index contributed by atoms with van der Waals surface area (Å²) in [6, 6.07) is 8.81. The lowest BCUT2D eigenvalue weighted by atomic mass is 10.3. The molecule has 3 rings (SSSR count). The Balaban J connectivity index is 2.38. The summed E-state index contributed by atoms with van der Waals surface area (Å²) in [5.41, 5.74) is 0.503. The van der Waals surface area contributed by atoms with Gasteiger partial charge in [-0.05, 0) is 24.3 Å². The molecule has 0 aliphatic heterocycles. The summed E-state index contributed by atoms with van der Waals surface area (Å²) in [7, 11) is 0. The Labute approximate surface area is 95.9 Å². The van der Waals surface area contributed by atoms with E-state index in [0.717, 1.165) is 0 Å². The van der Waals surface area contributed by atoms with Gasteiger partial charge in [-0.2, -0.15) is 0 Å². The molecule has 0 N–H and O–H groups in total. The number of hydrogen-bond donors (Lipinski definition) is 0. The average molecular weight is 228 g/mol. The third kappa shape index (κ3) is 1.38.